The number of hydrogen-bond acceptors (Lipinski definition) is 5. The summed E-state index contributed by atoms with van der Waals surface area (Å²) >= 11 is 0. The highest BCUT2D eigenvalue weighted by Crippen LogP contribution is 2.32. The first-order valence-electron chi connectivity index (χ1n) is 9.83. The summed E-state index contributed by atoms with van der Waals surface area (Å²) in [4.78, 5) is 40.2. The fourth-order valence-electron chi connectivity index (χ4n) is 3.54. The lowest BCUT2D eigenvalue weighted by Crippen LogP contribution is -2.55. The number of anilines is 1. The molecule has 1 fully saturated rings. The van der Waals surface area contributed by atoms with Crippen molar-refractivity contribution in [3.05, 3.63) is 53.6 Å². The second-order valence-corrected chi connectivity index (χ2v) is 7.35. The number of hydrogen-bond donors (Lipinski definition) is 1. The molecule has 1 N–H and O–H groups in total. The monoisotopic (exact) mass is 409 g/mol. The van der Waals surface area contributed by atoms with E-state index in [1.54, 1.807) is 18.2 Å². The first kappa shape index (κ1) is 19.8. The van der Waals surface area contributed by atoms with Crippen molar-refractivity contribution in [3.8, 4) is 11.5 Å². The van der Waals surface area contributed by atoms with Crippen molar-refractivity contribution in [3.63, 3.8) is 0 Å². The molecule has 1 saturated heterocycles. The smallest absolute Gasteiger partial charge is 0.312 e. The fraction of sp³-hybridized carbons (Fsp3) is 0.318. The van der Waals surface area contributed by atoms with Gasteiger partial charge in [0, 0.05) is 31.4 Å². The topological polar surface area (TPSA) is 88.2 Å². The molecular formula is C22H23N3O5. The van der Waals surface area contributed by atoms with Gasteiger partial charge in [0.15, 0.2) is 11.5 Å². The Morgan fingerprint density at radius 3 is 2.50 bits per heavy atom. The van der Waals surface area contributed by atoms with Gasteiger partial charge in [-0.15, -0.1) is 0 Å². The summed E-state index contributed by atoms with van der Waals surface area (Å²) in [5, 5.41) is 2.74. The molecule has 0 saturated carbocycles. The molecule has 0 radical (unpaired) electrons. The van der Waals surface area contributed by atoms with E-state index in [1.807, 2.05) is 31.2 Å². The van der Waals surface area contributed by atoms with Gasteiger partial charge in [-0.05, 0) is 24.6 Å². The average molecular weight is 409 g/mol. The molecule has 0 aromatic heterocycles. The van der Waals surface area contributed by atoms with Gasteiger partial charge in [0.1, 0.15) is 19.8 Å². The summed E-state index contributed by atoms with van der Waals surface area (Å²) in [5.41, 5.74) is 2.61. The molecule has 156 valence electrons. The zero-order chi connectivity index (χ0) is 21.1. The van der Waals surface area contributed by atoms with Gasteiger partial charge in [-0.1, -0.05) is 29.8 Å². The maximum absolute atomic E-state index is 12.5. The van der Waals surface area contributed by atoms with E-state index in [-0.39, 0.29) is 12.5 Å². The van der Waals surface area contributed by atoms with Gasteiger partial charge >= 0.3 is 11.8 Å². The standard InChI is InChI=1S/C22H23N3O5/c1-15-3-2-4-16(11-15)13-24-7-8-25(22(28)21(24)27)14-20(26)23-17-5-6-18-19(12-17)30-10-9-29-18/h2-6,11-12H,7-10,13-14H2,1H3,(H,23,26). The van der Waals surface area contributed by atoms with Crippen molar-refractivity contribution in [1.29, 1.82) is 0 Å². The number of amides is 3. The molecule has 0 atom stereocenters. The van der Waals surface area contributed by atoms with Crippen LogP contribution in [-0.2, 0) is 20.9 Å². The highest BCUT2D eigenvalue weighted by molar-refractivity contribution is 6.35. The normalized spacial score (nSPS) is 15.9. The molecule has 0 bridgehead atoms. The van der Waals surface area contributed by atoms with Crippen LogP contribution in [0.1, 0.15) is 11.1 Å². The van der Waals surface area contributed by atoms with Gasteiger partial charge in [0.2, 0.25) is 5.91 Å². The Kier molecular flexibility index (Phi) is 5.56. The van der Waals surface area contributed by atoms with Crippen molar-refractivity contribution in [2.45, 2.75) is 13.5 Å². The molecule has 0 spiro atoms. The average Bonchev–Trinajstić information content (AvgIpc) is 2.73. The van der Waals surface area contributed by atoms with Crippen LogP contribution >= 0.6 is 0 Å². The predicted molar refractivity (Wildman–Crippen MR) is 109 cm³/mol. The molecule has 0 unspecified atom stereocenters. The van der Waals surface area contributed by atoms with Crippen LogP contribution in [0, 0.1) is 6.92 Å². The summed E-state index contributed by atoms with van der Waals surface area (Å²) in [7, 11) is 0. The minimum atomic E-state index is -0.661. The molecule has 4 rings (SSSR count). The van der Waals surface area contributed by atoms with Crippen LogP contribution in [-0.4, -0.2) is 60.4 Å². The third kappa shape index (κ3) is 4.37. The Bertz CT molecular complexity index is 990. The molecule has 8 heteroatoms. The molecule has 2 aromatic rings. The van der Waals surface area contributed by atoms with Crippen LogP contribution in [0.5, 0.6) is 11.5 Å². The number of fused-ring (bicyclic) bond motifs is 1. The van der Waals surface area contributed by atoms with Crippen LogP contribution in [0.15, 0.2) is 42.5 Å². The number of carbonyl (C=O) groups is 3. The van der Waals surface area contributed by atoms with Gasteiger partial charge in [-0.3, -0.25) is 14.4 Å². The van der Waals surface area contributed by atoms with E-state index in [4.69, 9.17) is 9.47 Å². The second kappa shape index (κ2) is 8.44. The highest BCUT2D eigenvalue weighted by atomic mass is 16.6. The minimum Gasteiger partial charge on any atom is -0.486 e. The van der Waals surface area contributed by atoms with Gasteiger partial charge < -0.3 is 24.6 Å². The molecule has 2 aliphatic heterocycles. The maximum atomic E-state index is 12.5. The fourth-order valence-corrected chi connectivity index (χ4v) is 3.54. The lowest BCUT2D eigenvalue weighted by Gasteiger charge is -2.33. The minimum absolute atomic E-state index is 0.183. The quantitative estimate of drug-likeness (QED) is 0.758. The predicted octanol–water partition coefficient (Wildman–Crippen LogP) is 1.58. The number of nitrogens with one attached hydrogen (secondary N) is 1. The van der Waals surface area contributed by atoms with E-state index >= 15 is 0 Å². The van der Waals surface area contributed by atoms with Crippen LogP contribution in [0.25, 0.3) is 0 Å². The number of carbonyl (C=O) groups excluding carboxylic acids is 3. The number of ether oxygens (including phenoxy) is 2. The Morgan fingerprint density at radius 1 is 0.967 bits per heavy atom. The van der Waals surface area contributed by atoms with E-state index in [0.717, 1.165) is 11.1 Å². The molecule has 0 aliphatic carbocycles. The van der Waals surface area contributed by atoms with Gasteiger partial charge in [0.25, 0.3) is 0 Å². The first-order chi connectivity index (χ1) is 14.5. The van der Waals surface area contributed by atoms with Gasteiger partial charge in [-0.2, -0.15) is 0 Å². The number of benzene rings is 2. The number of nitrogens with zero attached hydrogens (tertiary/aromatic N) is 2. The summed E-state index contributed by atoms with van der Waals surface area (Å²) in [6.45, 7) is 3.81. The molecule has 8 nitrogen and oxygen atoms in total. The summed E-state index contributed by atoms with van der Waals surface area (Å²) in [6, 6.07) is 12.9. The number of aryl methyl sites for hydroxylation is 1. The van der Waals surface area contributed by atoms with Crippen molar-refractivity contribution < 1.29 is 23.9 Å². The van der Waals surface area contributed by atoms with Crippen molar-refractivity contribution in [2.24, 2.45) is 0 Å². The van der Waals surface area contributed by atoms with E-state index in [9.17, 15) is 14.4 Å². The van der Waals surface area contributed by atoms with E-state index < -0.39 is 11.8 Å². The van der Waals surface area contributed by atoms with Gasteiger partial charge in [-0.25, -0.2) is 0 Å². The summed E-state index contributed by atoms with van der Waals surface area (Å²) in [6.07, 6.45) is 0. The lowest BCUT2D eigenvalue weighted by molar-refractivity contribution is -0.157. The SMILES string of the molecule is Cc1cccc(CN2CCN(CC(=O)Nc3ccc4c(c3)OCCO4)C(=O)C2=O)c1. The highest BCUT2D eigenvalue weighted by Gasteiger charge is 2.33. The first-order valence-corrected chi connectivity index (χ1v) is 9.83. The second-order valence-electron chi connectivity index (χ2n) is 7.35. The third-order valence-corrected chi connectivity index (χ3v) is 5.01. The number of piperazine rings is 1. The molecular weight excluding hydrogens is 386 g/mol. The summed E-state index contributed by atoms with van der Waals surface area (Å²) < 4.78 is 11.0. The molecule has 2 heterocycles. The molecule has 2 aromatic carbocycles. The zero-order valence-electron chi connectivity index (χ0n) is 16.7. The third-order valence-electron chi connectivity index (χ3n) is 5.01. The van der Waals surface area contributed by atoms with E-state index in [0.29, 0.717) is 50.0 Å². The molecule has 3 amide bonds. The van der Waals surface area contributed by atoms with Gasteiger partial charge in [0.05, 0.1) is 0 Å². The maximum Gasteiger partial charge on any atom is 0.312 e. The van der Waals surface area contributed by atoms with E-state index in [1.165, 1.54) is 9.80 Å². The van der Waals surface area contributed by atoms with Crippen molar-refractivity contribution in [2.75, 3.05) is 38.2 Å². The van der Waals surface area contributed by atoms with E-state index in [2.05, 4.69) is 5.32 Å². The lowest BCUT2D eigenvalue weighted by atomic mass is 10.1. The largest absolute Gasteiger partial charge is 0.486 e. The van der Waals surface area contributed by atoms with Crippen LogP contribution < -0.4 is 14.8 Å². The van der Waals surface area contributed by atoms with Crippen LogP contribution in [0.2, 0.25) is 0 Å². The molecule has 30 heavy (non-hydrogen) atoms. The van der Waals surface area contributed by atoms with Crippen LogP contribution in [0.3, 0.4) is 0 Å². The Hall–Kier alpha value is -3.55. The molecule has 2 aliphatic rings. The zero-order valence-corrected chi connectivity index (χ0v) is 16.7. The Labute approximate surface area is 174 Å². The summed E-state index contributed by atoms with van der Waals surface area (Å²) in [5.74, 6) is -0.430. The Balaban J connectivity index is 1.33. The van der Waals surface area contributed by atoms with Crippen LogP contribution in [0.4, 0.5) is 5.69 Å². The number of rotatable bonds is 5. The Morgan fingerprint density at radius 2 is 1.70 bits per heavy atom. The van der Waals surface area contributed by atoms with Crippen molar-refractivity contribution >= 4 is 23.4 Å². The van der Waals surface area contributed by atoms with Crippen molar-refractivity contribution in [1.82, 2.24) is 9.80 Å².